The molecule has 0 radical (unpaired) electrons. The lowest BCUT2D eigenvalue weighted by atomic mass is 10.1. The lowest BCUT2D eigenvalue weighted by molar-refractivity contribution is 0.249. The molecular weight excluding hydrogens is 308 g/mol. The Bertz CT molecular complexity index is 882. The third-order valence-electron chi connectivity index (χ3n) is 4.88. The minimum Gasteiger partial charge on any atom is -0.353 e. The van der Waals surface area contributed by atoms with E-state index in [4.69, 9.17) is 9.97 Å². The van der Waals surface area contributed by atoms with E-state index in [1.165, 1.54) is 11.1 Å². The summed E-state index contributed by atoms with van der Waals surface area (Å²) in [5, 5.41) is 0. The Balaban J connectivity index is 1.46. The molecule has 1 aromatic heterocycles. The molecule has 2 aromatic carbocycles. The lowest BCUT2D eigenvalue weighted by Gasteiger charge is -2.36. The number of hydrogen-bond donors (Lipinski definition) is 0. The predicted molar refractivity (Wildman–Crippen MR) is 103 cm³/mol. The van der Waals surface area contributed by atoms with Crippen LogP contribution in [0.2, 0.25) is 0 Å². The number of benzene rings is 2. The van der Waals surface area contributed by atoms with E-state index in [1.54, 1.807) is 0 Å². The summed E-state index contributed by atoms with van der Waals surface area (Å²) in [6, 6.07) is 16.9. The molecule has 4 nitrogen and oxygen atoms in total. The highest BCUT2D eigenvalue weighted by atomic mass is 15.3. The van der Waals surface area contributed by atoms with Gasteiger partial charge in [0, 0.05) is 32.7 Å². The molecule has 0 atom stereocenters. The van der Waals surface area contributed by atoms with E-state index in [1.807, 2.05) is 24.3 Å². The quantitative estimate of drug-likeness (QED) is 0.734. The van der Waals surface area contributed by atoms with Crippen LogP contribution in [-0.2, 0) is 6.54 Å². The van der Waals surface area contributed by atoms with Crippen molar-refractivity contribution in [1.82, 2.24) is 14.9 Å². The van der Waals surface area contributed by atoms with Crippen LogP contribution < -0.4 is 4.90 Å². The van der Waals surface area contributed by atoms with Gasteiger partial charge in [-0.1, -0.05) is 42.0 Å². The Morgan fingerprint density at radius 2 is 1.56 bits per heavy atom. The van der Waals surface area contributed by atoms with Gasteiger partial charge in [-0.15, -0.1) is 0 Å². The molecule has 0 N–H and O–H groups in total. The Kier molecular flexibility index (Phi) is 4.36. The molecule has 2 heterocycles. The Morgan fingerprint density at radius 3 is 2.28 bits per heavy atom. The number of nitrogens with zero attached hydrogens (tertiary/aromatic N) is 4. The van der Waals surface area contributed by atoms with Gasteiger partial charge in [0.15, 0.2) is 5.82 Å². The zero-order chi connectivity index (χ0) is 17.2. The maximum Gasteiger partial charge on any atom is 0.150 e. The fraction of sp³-hybridized carbons (Fsp3) is 0.333. The summed E-state index contributed by atoms with van der Waals surface area (Å²) < 4.78 is 0. The van der Waals surface area contributed by atoms with E-state index >= 15 is 0 Å². The first kappa shape index (κ1) is 16.0. The van der Waals surface area contributed by atoms with Crippen LogP contribution in [0.25, 0.3) is 11.0 Å². The van der Waals surface area contributed by atoms with Crippen molar-refractivity contribution in [1.29, 1.82) is 0 Å². The minimum atomic E-state index is 0.974. The van der Waals surface area contributed by atoms with Crippen LogP contribution in [0.3, 0.4) is 0 Å². The van der Waals surface area contributed by atoms with Crippen LogP contribution in [0.4, 0.5) is 5.82 Å². The maximum absolute atomic E-state index is 4.86. The molecule has 4 rings (SSSR count). The third-order valence-corrected chi connectivity index (χ3v) is 4.88. The first-order valence-electron chi connectivity index (χ1n) is 8.95. The van der Waals surface area contributed by atoms with Crippen molar-refractivity contribution in [3.63, 3.8) is 0 Å². The van der Waals surface area contributed by atoms with Gasteiger partial charge in [-0.25, -0.2) is 9.97 Å². The smallest absolute Gasteiger partial charge is 0.150 e. The SMILES string of the molecule is Cc1cccc(CN2CCN(c3nc4ccccc4nc3C)CC2)c1. The molecule has 25 heavy (non-hydrogen) atoms. The summed E-state index contributed by atoms with van der Waals surface area (Å²) in [5.74, 6) is 1.04. The highest BCUT2D eigenvalue weighted by molar-refractivity contribution is 5.76. The molecule has 0 saturated carbocycles. The summed E-state index contributed by atoms with van der Waals surface area (Å²) in [5.41, 5.74) is 5.70. The average Bonchev–Trinajstić information content (AvgIpc) is 2.62. The van der Waals surface area contributed by atoms with Crippen molar-refractivity contribution in [2.75, 3.05) is 31.1 Å². The molecule has 128 valence electrons. The maximum atomic E-state index is 4.86. The van der Waals surface area contributed by atoms with Gasteiger partial charge in [0.25, 0.3) is 0 Å². The third kappa shape index (κ3) is 3.49. The molecule has 1 aliphatic heterocycles. The highest BCUT2D eigenvalue weighted by Gasteiger charge is 2.20. The number of para-hydroxylation sites is 2. The summed E-state index contributed by atoms with van der Waals surface area (Å²) in [6.45, 7) is 9.36. The van der Waals surface area contributed by atoms with E-state index in [0.29, 0.717) is 0 Å². The fourth-order valence-corrected chi connectivity index (χ4v) is 3.56. The largest absolute Gasteiger partial charge is 0.353 e. The Labute approximate surface area is 149 Å². The first-order valence-corrected chi connectivity index (χ1v) is 8.95. The topological polar surface area (TPSA) is 32.3 Å². The second-order valence-corrected chi connectivity index (χ2v) is 6.87. The fourth-order valence-electron chi connectivity index (χ4n) is 3.56. The molecule has 0 bridgehead atoms. The number of aromatic nitrogens is 2. The van der Waals surface area contributed by atoms with Crippen LogP contribution in [-0.4, -0.2) is 41.0 Å². The molecule has 0 aliphatic carbocycles. The van der Waals surface area contributed by atoms with Gasteiger partial charge >= 0.3 is 0 Å². The second-order valence-electron chi connectivity index (χ2n) is 6.87. The van der Waals surface area contributed by atoms with Gasteiger partial charge in [-0.3, -0.25) is 4.90 Å². The van der Waals surface area contributed by atoms with Crippen molar-refractivity contribution in [3.8, 4) is 0 Å². The normalized spacial score (nSPS) is 15.7. The van der Waals surface area contributed by atoms with Crippen LogP contribution >= 0.6 is 0 Å². The second kappa shape index (κ2) is 6.81. The molecule has 0 unspecified atom stereocenters. The first-order chi connectivity index (χ1) is 12.2. The van der Waals surface area contributed by atoms with Crippen molar-refractivity contribution >= 4 is 16.9 Å². The van der Waals surface area contributed by atoms with Crippen LogP contribution in [0, 0.1) is 13.8 Å². The molecule has 1 aliphatic rings. The van der Waals surface area contributed by atoms with Gasteiger partial charge < -0.3 is 4.90 Å². The van der Waals surface area contributed by atoms with Gasteiger partial charge in [0.1, 0.15) is 0 Å². The van der Waals surface area contributed by atoms with E-state index < -0.39 is 0 Å². The van der Waals surface area contributed by atoms with Gasteiger partial charge in [-0.05, 0) is 31.5 Å². The van der Waals surface area contributed by atoms with E-state index in [-0.39, 0.29) is 0 Å². The van der Waals surface area contributed by atoms with Crippen molar-refractivity contribution in [3.05, 3.63) is 65.4 Å². The van der Waals surface area contributed by atoms with Crippen LogP contribution in [0.15, 0.2) is 48.5 Å². The summed E-state index contributed by atoms with van der Waals surface area (Å²) >= 11 is 0. The zero-order valence-electron chi connectivity index (χ0n) is 14.9. The minimum absolute atomic E-state index is 0.974. The average molecular weight is 332 g/mol. The molecule has 1 saturated heterocycles. The molecule has 1 fully saturated rings. The molecule has 0 spiro atoms. The number of aryl methyl sites for hydroxylation is 2. The number of rotatable bonds is 3. The Hall–Kier alpha value is -2.46. The number of piperazine rings is 1. The van der Waals surface area contributed by atoms with E-state index in [2.05, 4.69) is 47.9 Å². The van der Waals surface area contributed by atoms with Crippen LogP contribution in [0.5, 0.6) is 0 Å². The van der Waals surface area contributed by atoms with Crippen molar-refractivity contribution < 1.29 is 0 Å². The molecule has 4 heteroatoms. The number of hydrogen-bond acceptors (Lipinski definition) is 4. The van der Waals surface area contributed by atoms with Gasteiger partial charge in [-0.2, -0.15) is 0 Å². The molecule has 3 aromatic rings. The standard InChI is InChI=1S/C21H24N4/c1-16-6-5-7-18(14-16)15-24-10-12-25(13-11-24)21-17(2)22-19-8-3-4-9-20(19)23-21/h3-9,14H,10-13,15H2,1-2H3. The summed E-state index contributed by atoms with van der Waals surface area (Å²) in [6.07, 6.45) is 0. The monoisotopic (exact) mass is 332 g/mol. The predicted octanol–water partition coefficient (Wildman–Crippen LogP) is 3.57. The summed E-state index contributed by atoms with van der Waals surface area (Å²) in [7, 11) is 0. The Morgan fingerprint density at radius 1 is 0.840 bits per heavy atom. The van der Waals surface area contributed by atoms with Gasteiger partial charge in [0.05, 0.1) is 16.7 Å². The molecular formula is C21H24N4. The van der Waals surface area contributed by atoms with Gasteiger partial charge in [0.2, 0.25) is 0 Å². The van der Waals surface area contributed by atoms with Crippen molar-refractivity contribution in [2.24, 2.45) is 0 Å². The summed E-state index contributed by atoms with van der Waals surface area (Å²) in [4.78, 5) is 14.5. The lowest BCUT2D eigenvalue weighted by Crippen LogP contribution is -2.46. The number of anilines is 1. The number of fused-ring (bicyclic) bond motifs is 1. The van der Waals surface area contributed by atoms with E-state index in [0.717, 1.165) is 55.3 Å². The highest BCUT2D eigenvalue weighted by Crippen LogP contribution is 2.21. The molecule has 0 amide bonds. The van der Waals surface area contributed by atoms with Crippen molar-refractivity contribution in [2.45, 2.75) is 20.4 Å². The zero-order valence-corrected chi connectivity index (χ0v) is 14.9. The van der Waals surface area contributed by atoms with E-state index in [9.17, 15) is 0 Å². The van der Waals surface area contributed by atoms with Crippen LogP contribution in [0.1, 0.15) is 16.8 Å².